The lowest BCUT2D eigenvalue weighted by atomic mass is 10.1. The fourth-order valence-corrected chi connectivity index (χ4v) is 1.01. The molecule has 0 aromatic heterocycles. The minimum Gasteiger partial charge on any atom is -0.361 e. The molecule has 0 atom stereocenters. The van der Waals surface area contributed by atoms with Crippen molar-refractivity contribution in [2.24, 2.45) is 0 Å². The Morgan fingerprint density at radius 2 is 2.40 bits per heavy atom. The van der Waals surface area contributed by atoms with E-state index in [9.17, 15) is 4.79 Å². The van der Waals surface area contributed by atoms with E-state index in [1.54, 1.807) is 11.9 Å². The molecule has 1 rings (SSSR count). The van der Waals surface area contributed by atoms with E-state index in [0.717, 1.165) is 13.0 Å². The fraction of sp³-hybridized carbons (Fsp3) is 0.667. The van der Waals surface area contributed by atoms with Gasteiger partial charge in [0.1, 0.15) is 0 Å². The Morgan fingerprint density at radius 1 is 1.70 bits per heavy atom. The third-order valence-corrected chi connectivity index (χ3v) is 1.62. The summed E-state index contributed by atoms with van der Waals surface area (Å²) in [4.78, 5) is 15.4. The van der Waals surface area contributed by atoms with Crippen molar-refractivity contribution in [1.29, 1.82) is 0 Å². The van der Waals surface area contributed by atoms with Gasteiger partial charge in [0.05, 0.1) is 6.42 Å². The van der Waals surface area contributed by atoms with Gasteiger partial charge in [0.15, 0.2) is 0 Å². The third-order valence-electron chi connectivity index (χ3n) is 1.62. The second-order valence-corrected chi connectivity index (χ2v) is 2.38. The first-order valence-corrected chi connectivity index (χ1v) is 3.22. The maximum absolute atomic E-state index is 11.0. The van der Waals surface area contributed by atoms with Gasteiger partial charge >= 0.3 is 11.6 Å². The van der Waals surface area contributed by atoms with E-state index in [1.165, 1.54) is 0 Å². The Hall–Kier alpha value is -1.15. The molecule has 0 bridgehead atoms. The highest BCUT2D eigenvalue weighted by atomic mass is 16.2. The van der Waals surface area contributed by atoms with Gasteiger partial charge in [-0.2, -0.15) is 4.79 Å². The highest BCUT2D eigenvalue weighted by molar-refractivity contribution is 6.36. The molecule has 54 valence electrons. The van der Waals surface area contributed by atoms with E-state index in [-0.39, 0.29) is 11.6 Å². The summed E-state index contributed by atoms with van der Waals surface area (Å²) in [5.74, 6) is -0.159. The summed E-state index contributed by atoms with van der Waals surface area (Å²) in [7, 11) is 1.70. The van der Waals surface area contributed by atoms with Crippen LogP contribution in [0.2, 0.25) is 0 Å². The highest BCUT2D eigenvalue weighted by Gasteiger charge is 2.27. The second kappa shape index (κ2) is 2.62. The van der Waals surface area contributed by atoms with E-state index < -0.39 is 0 Å². The summed E-state index contributed by atoms with van der Waals surface area (Å²) < 4.78 is 0. The molecule has 0 unspecified atom stereocenters. The molecule has 4 heteroatoms. The van der Waals surface area contributed by atoms with Crippen molar-refractivity contribution in [3.8, 4) is 0 Å². The van der Waals surface area contributed by atoms with Crippen LogP contribution in [-0.2, 0) is 4.79 Å². The summed E-state index contributed by atoms with van der Waals surface area (Å²) >= 11 is 0. The zero-order valence-electron chi connectivity index (χ0n) is 5.87. The predicted molar refractivity (Wildman–Crippen MR) is 35.5 cm³/mol. The SMILES string of the molecule is CN1CCCC(=[N+]=[N-])C1=O. The molecule has 0 N–H and O–H groups in total. The predicted octanol–water partition coefficient (Wildman–Crippen LogP) is -0.0906. The molecule has 0 aromatic rings. The van der Waals surface area contributed by atoms with Crippen LogP contribution >= 0.6 is 0 Å². The van der Waals surface area contributed by atoms with Gasteiger partial charge in [-0.05, 0) is 6.42 Å². The van der Waals surface area contributed by atoms with Crippen LogP contribution in [0.25, 0.3) is 5.53 Å². The first-order valence-electron chi connectivity index (χ1n) is 3.22. The zero-order valence-corrected chi connectivity index (χ0v) is 5.87. The number of hydrogen-bond acceptors (Lipinski definition) is 1. The summed E-state index contributed by atoms with van der Waals surface area (Å²) in [5.41, 5.74) is 8.59. The molecule has 0 spiro atoms. The molecule has 1 heterocycles. The van der Waals surface area contributed by atoms with Crippen LogP contribution in [0.1, 0.15) is 12.8 Å². The van der Waals surface area contributed by atoms with E-state index in [0.29, 0.717) is 6.42 Å². The zero-order chi connectivity index (χ0) is 7.56. The van der Waals surface area contributed by atoms with Gasteiger partial charge in [0.2, 0.25) is 0 Å². The summed E-state index contributed by atoms with van der Waals surface area (Å²) in [6.07, 6.45) is 1.49. The lowest BCUT2D eigenvalue weighted by Gasteiger charge is -2.17. The molecule has 4 nitrogen and oxygen atoms in total. The normalized spacial score (nSPS) is 19.1. The van der Waals surface area contributed by atoms with Crippen LogP contribution in [0.3, 0.4) is 0 Å². The molecule has 1 fully saturated rings. The molecular weight excluding hydrogens is 130 g/mol. The Labute approximate surface area is 59.1 Å². The average Bonchev–Trinajstić information content (AvgIpc) is 1.95. The van der Waals surface area contributed by atoms with Gasteiger partial charge < -0.3 is 10.4 Å². The number of nitrogens with zero attached hydrogens (tertiary/aromatic N) is 3. The third kappa shape index (κ3) is 1.06. The van der Waals surface area contributed by atoms with Crippen LogP contribution in [0, 0.1) is 0 Å². The quantitative estimate of drug-likeness (QED) is 0.342. The van der Waals surface area contributed by atoms with Gasteiger partial charge in [-0.15, -0.1) is 0 Å². The molecular formula is C6H9N3O. The lowest BCUT2D eigenvalue weighted by Crippen LogP contribution is -2.39. The fourth-order valence-electron chi connectivity index (χ4n) is 1.01. The molecule has 1 amide bonds. The van der Waals surface area contributed by atoms with E-state index in [2.05, 4.69) is 4.79 Å². The van der Waals surface area contributed by atoms with Crippen molar-refractivity contribution < 1.29 is 9.58 Å². The average molecular weight is 139 g/mol. The first kappa shape index (κ1) is 6.96. The van der Waals surface area contributed by atoms with Crippen LogP contribution in [0.15, 0.2) is 0 Å². The number of piperidine rings is 1. The second-order valence-electron chi connectivity index (χ2n) is 2.38. The van der Waals surface area contributed by atoms with Crippen molar-refractivity contribution in [3.05, 3.63) is 5.53 Å². The number of carbonyl (C=O) groups is 1. The molecule has 10 heavy (non-hydrogen) atoms. The van der Waals surface area contributed by atoms with Gasteiger partial charge in [-0.25, -0.2) is 0 Å². The first-order chi connectivity index (χ1) is 4.75. The Kier molecular flexibility index (Phi) is 1.83. The van der Waals surface area contributed by atoms with Gasteiger partial charge in [0, 0.05) is 13.6 Å². The number of likely N-dealkylation sites (tertiary alicyclic amines) is 1. The maximum atomic E-state index is 11.0. The van der Waals surface area contributed by atoms with Crippen molar-refractivity contribution in [2.45, 2.75) is 12.8 Å². The molecule has 0 aliphatic carbocycles. The maximum Gasteiger partial charge on any atom is 0.356 e. The standard InChI is InChI=1S/C6H9N3O/c1-9-4-2-3-5(8-7)6(9)10/h2-4H2,1H3. The van der Waals surface area contributed by atoms with Gasteiger partial charge in [0.25, 0.3) is 0 Å². The molecule has 1 saturated heterocycles. The summed E-state index contributed by atoms with van der Waals surface area (Å²) in [5, 5.41) is 0. The van der Waals surface area contributed by atoms with Gasteiger partial charge in [-0.1, -0.05) is 0 Å². The summed E-state index contributed by atoms with van der Waals surface area (Å²) in [6, 6.07) is 0. The van der Waals surface area contributed by atoms with Crippen molar-refractivity contribution >= 4 is 11.6 Å². The summed E-state index contributed by atoms with van der Waals surface area (Å²) in [6.45, 7) is 0.762. The van der Waals surface area contributed by atoms with Crippen LogP contribution < -0.4 is 0 Å². The largest absolute Gasteiger partial charge is 0.361 e. The lowest BCUT2D eigenvalue weighted by molar-refractivity contribution is -0.129. The Bertz CT molecular complexity index is 205. The molecule has 0 radical (unpaired) electrons. The highest BCUT2D eigenvalue weighted by Crippen LogP contribution is 2.03. The monoisotopic (exact) mass is 139 g/mol. The Morgan fingerprint density at radius 3 is 2.90 bits per heavy atom. The molecule has 0 aromatic carbocycles. The van der Waals surface area contributed by atoms with Gasteiger partial charge in [-0.3, -0.25) is 4.79 Å². The smallest absolute Gasteiger partial charge is 0.356 e. The number of rotatable bonds is 0. The van der Waals surface area contributed by atoms with E-state index in [4.69, 9.17) is 5.53 Å². The number of hydrogen-bond donors (Lipinski definition) is 0. The van der Waals surface area contributed by atoms with Crippen LogP contribution in [0.5, 0.6) is 0 Å². The topological polar surface area (TPSA) is 56.7 Å². The van der Waals surface area contributed by atoms with Crippen molar-refractivity contribution in [3.63, 3.8) is 0 Å². The minimum absolute atomic E-state index is 0.159. The molecule has 1 aliphatic heterocycles. The molecule has 0 saturated carbocycles. The van der Waals surface area contributed by atoms with Crippen molar-refractivity contribution in [1.82, 2.24) is 4.90 Å². The van der Waals surface area contributed by atoms with Crippen LogP contribution in [0.4, 0.5) is 0 Å². The number of carbonyl (C=O) groups excluding carboxylic acids is 1. The number of amides is 1. The van der Waals surface area contributed by atoms with Crippen LogP contribution in [-0.4, -0.2) is 34.9 Å². The minimum atomic E-state index is -0.159. The van der Waals surface area contributed by atoms with E-state index in [1.807, 2.05) is 0 Å². The molecule has 1 aliphatic rings. The Balaban J connectivity index is 2.79. The van der Waals surface area contributed by atoms with Crippen molar-refractivity contribution in [2.75, 3.05) is 13.6 Å². The van der Waals surface area contributed by atoms with E-state index >= 15 is 0 Å².